The number of rotatable bonds is 4. The second-order valence-electron chi connectivity index (χ2n) is 11.2. The van der Waals surface area contributed by atoms with Crippen molar-refractivity contribution in [3.8, 4) is 0 Å². The highest BCUT2D eigenvalue weighted by molar-refractivity contribution is 5.86. The van der Waals surface area contributed by atoms with Gasteiger partial charge in [0.2, 0.25) is 0 Å². The fraction of sp³-hybridized carbons (Fsp3) is 0.586. The van der Waals surface area contributed by atoms with Gasteiger partial charge in [0.05, 0.1) is 6.10 Å². The first kappa shape index (κ1) is 22.0. The molecule has 172 valence electrons. The fourth-order valence-electron chi connectivity index (χ4n) is 7.72. The lowest BCUT2D eigenvalue weighted by atomic mass is 9.44. The molecule has 3 heteroatoms. The van der Waals surface area contributed by atoms with E-state index in [4.69, 9.17) is 9.47 Å². The summed E-state index contributed by atoms with van der Waals surface area (Å²) < 4.78 is 12.8. The third kappa shape index (κ3) is 2.80. The second-order valence-corrected chi connectivity index (χ2v) is 11.2. The monoisotopic (exact) mass is 433 g/mol. The van der Waals surface area contributed by atoms with Crippen LogP contribution in [0.25, 0.3) is 10.9 Å². The van der Waals surface area contributed by atoms with E-state index in [2.05, 4.69) is 76.5 Å². The summed E-state index contributed by atoms with van der Waals surface area (Å²) >= 11 is 0. The van der Waals surface area contributed by atoms with E-state index >= 15 is 0 Å². The summed E-state index contributed by atoms with van der Waals surface area (Å²) in [4.78, 5) is 3.90. The summed E-state index contributed by atoms with van der Waals surface area (Å²) in [6.07, 6.45) is 7.97. The Bertz CT molecular complexity index is 1090. The number of aromatic amines is 1. The third-order valence-corrected chi connectivity index (χ3v) is 9.31. The highest BCUT2D eigenvalue weighted by Crippen LogP contribution is 2.68. The van der Waals surface area contributed by atoms with Crippen LogP contribution in [-0.4, -0.2) is 24.0 Å². The average Bonchev–Trinajstić information content (AvgIpc) is 3.25. The lowest BCUT2D eigenvalue weighted by molar-refractivity contribution is -0.247. The van der Waals surface area contributed by atoms with E-state index in [0.717, 1.165) is 18.4 Å². The van der Waals surface area contributed by atoms with E-state index in [1.807, 2.05) is 7.11 Å². The smallest absolute Gasteiger partial charge is 0.191 e. The summed E-state index contributed by atoms with van der Waals surface area (Å²) in [5.74, 6) is 0.439. The number of fused-ring (bicyclic) bond motifs is 7. The van der Waals surface area contributed by atoms with Gasteiger partial charge in [0.15, 0.2) is 5.79 Å². The summed E-state index contributed by atoms with van der Waals surface area (Å²) in [5.41, 5.74) is 6.94. The Morgan fingerprint density at radius 1 is 1.19 bits per heavy atom. The quantitative estimate of drug-likeness (QED) is 0.523. The van der Waals surface area contributed by atoms with Crippen molar-refractivity contribution >= 4 is 10.9 Å². The predicted octanol–water partition coefficient (Wildman–Crippen LogP) is 7.08. The zero-order chi connectivity index (χ0) is 22.9. The number of methoxy groups -OCH3 is 1. The van der Waals surface area contributed by atoms with E-state index in [9.17, 15) is 0 Å². The Balaban J connectivity index is 1.67. The van der Waals surface area contributed by atoms with Gasteiger partial charge in [-0.1, -0.05) is 50.3 Å². The van der Waals surface area contributed by atoms with Crippen LogP contribution in [0, 0.1) is 17.3 Å². The van der Waals surface area contributed by atoms with Crippen molar-refractivity contribution in [2.24, 2.45) is 17.3 Å². The summed E-state index contributed by atoms with van der Waals surface area (Å²) in [5, 5.41) is 1.42. The SMILES string of the molecule is C=C(C)/C=C1/C2CC[C@H]3Cc4c([nH]c5ccccc45)[C@]3(C)[C@@]2(C)CC[C@]1(OC)OC(C)C. The first-order valence-corrected chi connectivity index (χ1v) is 12.4. The molecule has 5 atom stereocenters. The first-order chi connectivity index (χ1) is 15.2. The molecule has 1 aromatic carbocycles. The Kier molecular flexibility index (Phi) is 5.04. The topological polar surface area (TPSA) is 34.2 Å². The van der Waals surface area contributed by atoms with Crippen molar-refractivity contribution in [3.05, 3.63) is 59.3 Å². The van der Waals surface area contributed by atoms with Gasteiger partial charge in [-0.2, -0.15) is 0 Å². The van der Waals surface area contributed by atoms with Gasteiger partial charge in [0.1, 0.15) is 0 Å². The summed E-state index contributed by atoms with van der Waals surface area (Å²) in [6, 6.07) is 8.85. The maximum absolute atomic E-state index is 6.56. The van der Waals surface area contributed by atoms with E-state index in [1.54, 1.807) is 5.56 Å². The molecule has 2 saturated carbocycles. The van der Waals surface area contributed by atoms with Crippen LogP contribution in [0.2, 0.25) is 0 Å². The number of para-hydroxylation sites is 1. The molecule has 3 aliphatic rings. The molecular weight excluding hydrogens is 394 g/mol. The number of aromatic nitrogens is 1. The molecule has 32 heavy (non-hydrogen) atoms. The molecule has 1 heterocycles. The maximum Gasteiger partial charge on any atom is 0.191 e. The Labute approximate surface area is 193 Å². The van der Waals surface area contributed by atoms with Crippen LogP contribution < -0.4 is 0 Å². The first-order valence-electron chi connectivity index (χ1n) is 12.4. The lowest BCUT2D eigenvalue weighted by Crippen LogP contribution is -2.60. The van der Waals surface area contributed by atoms with Crippen molar-refractivity contribution in [2.75, 3.05) is 7.11 Å². The zero-order valence-corrected chi connectivity index (χ0v) is 20.7. The predicted molar refractivity (Wildman–Crippen MR) is 132 cm³/mol. The number of allylic oxidation sites excluding steroid dienone is 2. The highest BCUT2D eigenvalue weighted by Gasteiger charge is 2.65. The third-order valence-electron chi connectivity index (χ3n) is 9.31. The minimum atomic E-state index is -0.650. The molecule has 5 rings (SSSR count). The van der Waals surface area contributed by atoms with E-state index in [-0.39, 0.29) is 16.9 Å². The molecule has 1 aromatic heterocycles. The molecule has 1 N–H and O–H groups in total. The molecule has 0 radical (unpaired) electrons. The number of nitrogens with one attached hydrogen (secondary N) is 1. The van der Waals surface area contributed by atoms with Crippen molar-refractivity contribution in [2.45, 2.75) is 84.0 Å². The van der Waals surface area contributed by atoms with Gasteiger partial charge >= 0.3 is 0 Å². The Hall–Kier alpha value is -1.84. The van der Waals surface area contributed by atoms with Crippen molar-refractivity contribution < 1.29 is 9.47 Å². The summed E-state index contributed by atoms with van der Waals surface area (Å²) in [6.45, 7) is 15.6. The molecule has 0 saturated heterocycles. The number of hydrogen-bond acceptors (Lipinski definition) is 2. The summed E-state index contributed by atoms with van der Waals surface area (Å²) in [7, 11) is 1.82. The fourth-order valence-corrected chi connectivity index (χ4v) is 7.72. The molecular formula is C29H39NO2. The standard InChI is InChI=1S/C29H39NO2/c1-18(2)16-24-23-13-12-20-17-22-21-10-8-9-11-25(21)30-26(22)28(20,6)27(23,5)14-15-29(24,31-7)32-19(3)4/h8-11,16,19-20,23,30H,1,12-15,17H2,2-7H3/b24-16-/t20-,23?,27-,28+,29-/m0/s1. The molecule has 2 fully saturated rings. The van der Waals surface area contributed by atoms with E-state index in [0.29, 0.717) is 11.8 Å². The number of H-pyrrole nitrogens is 1. The Morgan fingerprint density at radius 3 is 2.62 bits per heavy atom. The van der Waals surface area contributed by atoms with Gasteiger partial charge in [0.25, 0.3) is 0 Å². The van der Waals surface area contributed by atoms with Gasteiger partial charge in [0, 0.05) is 35.5 Å². The van der Waals surface area contributed by atoms with Crippen LogP contribution in [0.5, 0.6) is 0 Å². The van der Waals surface area contributed by atoms with Crippen LogP contribution in [0.3, 0.4) is 0 Å². The number of hydrogen-bond donors (Lipinski definition) is 1. The largest absolute Gasteiger partial charge is 0.358 e. The van der Waals surface area contributed by atoms with E-state index in [1.165, 1.54) is 41.4 Å². The van der Waals surface area contributed by atoms with Crippen LogP contribution >= 0.6 is 0 Å². The maximum atomic E-state index is 6.56. The van der Waals surface area contributed by atoms with Crippen molar-refractivity contribution in [1.82, 2.24) is 4.98 Å². The normalized spacial score (nSPS) is 37.5. The minimum absolute atomic E-state index is 0.103. The minimum Gasteiger partial charge on any atom is -0.358 e. The van der Waals surface area contributed by atoms with Crippen LogP contribution in [0.1, 0.15) is 71.6 Å². The second kappa shape index (κ2) is 7.33. The van der Waals surface area contributed by atoms with Gasteiger partial charge in [-0.15, -0.1) is 0 Å². The average molecular weight is 434 g/mol. The molecule has 0 amide bonds. The van der Waals surface area contributed by atoms with Gasteiger partial charge < -0.3 is 14.5 Å². The molecule has 2 aromatic rings. The number of benzene rings is 1. The molecule has 1 unspecified atom stereocenters. The molecule has 3 nitrogen and oxygen atoms in total. The molecule has 0 spiro atoms. The zero-order valence-electron chi connectivity index (χ0n) is 20.7. The van der Waals surface area contributed by atoms with Crippen LogP contribution in [-0.2, 0) is 21.3 Å². The van der Waals surface area contributed by atoms with Crippen LogP contribution in [0.4, 0.5) is 0 Å². The van der Waals surface area contributed by atoms with E-state index < -0.39 is 5.79 Å². The van der Waals surface area contributed by atoms with Gasteiger partial charge in [-0.05, 0) is 80.9 Å². The van der Waals surface area contributed by atoms with Crippen LogP contribution in [0.15, 0.2) is 48.1 Å². The number of ether oxygens (including phenoxy) is 2. The lowest BCUT2D eigenvalue weighted by Gasteiger charge is -2.62. The van der Waals surface area contributed by atoms with Gasteiger partial charge in [-0.3, -0.25) is 0 Å². The molecule has 0 bridgehead atoms. The molecule has 3 aliphatic carbocycles. The van der Waals surface area contributed by atoms with Crippen molar-refractivity contribution in [1.29, 1.82) is 0 Å². The molecule has 0 aliphatic heterocycles. The Morgan fingerprint density at radius 2 is 1.94 bits per heavy atom. The van der Waals surface area contributed by atoms with Crippen molar-refractivity contribution in [3.63, 3.8) is 0 Å². The van der Waals surface area contributed by atoms with Gasteiger partial charge in [-0.25, -0.2) is 0 Å². The highest BCUT2D eigenvalue weighted by atomic mass is 16.7.